The Morgan fingerprint density at radius 1 is 1.27 bits per heavy atom. The average Bonchev–Trinajstić information content (AvgIpc) is 2.59. The van der Waals surface area contributed by atoms with Crippen molar-refractivity contribution in [2.75, 3.05) is 7.11 Å². The van der Waals surface area contributed by atoms with Gasteiger partial charge in [0.15, 0.2) is 0 Å². The molecule has 4 nitrogen and oxygen atoms in total. The van der Waals surface area contributed by atoms with E-state index in [1.54, 1.807) is 0 Å². The van der Waals surface area contributed by atoms with Gasteiger partial charge >= 0.3 is 5.97 Å². The molecule has 1 atom stereocenters. The molecule has 1 amide bonds. The van der Waals surface area contributed by atoms with Crippen molar-refractivity contribution in [3.8, 4) is 0 Å². The topological polar surface area (TPSA) is 55.4 Å². The van der Waals surface area contributed by atoms with E-state index in [1.807, 2.05) is 0 Å². The fourth-order valence-corrected chi connectivity index (χ4v) is 3.11. The molecule has 0 saturated heterocycles. The van der Waals surface area contributed by atoms with E-state index in [-0.39, 0.29) is 17.3 Å². The molecule has 0 radical (unpaired) electrons. The van der Waals surface area contributed by atoms with Crippen LogP contribution in [0.3, 0.4) is 0 Å². The van der Waals surface area contributed by atoms with Gasteiger partial charge in [-0.05, 0) is 19.3 Å². The molecule has 4 heteroatoms. The quantitative estimate of drug-likeness (QED) is 0.693. The van der Waals surface area contributed by atoms with Gasteiger partial charge in [-0.15, -0.1) is 0 Å². The van der Waals surface area contributed by atoms with Crippen molar-refractivity contribution in [1.29, 1.82) is 0 Å². The maximum Gasteiger partial charge on any atom is 0.332 e. The van der Waals surface area contributed by atoms with Crippen LogP contribution in [-0.4, -0.2) is 24.5 Å². The standard InChI is InChI=1S/C11H17NO3/c1-8(13)12-11(9(14)15-2)7-10(11)5-3-4-6-10/h3-7H2,1-2H3,(H,12,13)/t11-/m0/s1. The van der Waals surface area contributed by atoms with E-state index in [0.717, 1.165) is 32.1 Å². The number of carbonyl (C=O) groups is 2. The minimum absolute atomic E-state index is 0.00572. The van der Waals surface area contributed by atoms with Crippen LogP contribution in [0.2, 0.25) is 0 Å². The molecule has 2 saturated carbocycles. The van der Waals surface area contributed by atoms with Crippen molar-refractivity contribution in [3.05, 3.63) is 0 Å². The monoisotopic (exact) mass is 211 g/mol. The Labute approximate surface area is 89.4 Å². The maximum atomic E-state index is 11.8. The first kappa shape index (κ1) is 10.5. The van der Waals surface area contributed by atoms with Gasteiger partial charge in [0.05, 0.1) is 7.11 Å². The summed E-state index contributed by atoms with van der Waals surface area (Å²) in [6, 6.07) is 0. The number of rotatable bonds is 2. The fraction of sp³-hybridized carbons (Fsp3) is 0.818. The summed E-state index contributed by atoms with van der Waals surface area (Å²) in [7, 11) is 1.38. The molecule has 0 unspecified atom stereocenters. The van der Waals surface area contributed by atoms with Gasteiger partial charge in [0.2, 0.25) is 5.91 Å². The number of ether oxygens (including phenoxy) is 1. The number of esters is 1. The molecule has 0 aromatic rings. The zero-order valence-corrected chi connectivity index (χ0v) is 9.26. The predicted molar refractivity (Wildman–Crippen MR) is 54.1 cm³/mol. The van der Waals surface area contributed by atoms with E-state index in [9.17, 15) is 9.59 Å². The zero-order chi connectivity index (χ0) is 11.1. The SMILES string of the molecule is COC(=O)[C@@]1(NC(C)=O)CC12CCCC2. The fourth-order valence-electron chi connectivity index (χ4n) is 3.11. The summed E-state index contributed by atoms with van der Waals surface area (Å²) in [6.45, 7) is 1.45. The van der Waals surface area contributed by atoms with Gasteiger partial charge < -0.3 is 10.1 Å². The Morgan fingerprint density at radius 3 is 2.33 bits per heavy atom. The summed E-state index contributed by atoms with van der Waals surface area (Å²) in [6.07, 6.45) is 5.12. The smallest absolute Gasteiger partial charge is 0.332 e. The van der Waals surface area contributed by atoms with Gasteiger partial charge in [-0.1, -0.05) is 12.8 Å². The number of carbonyl (C=O) groups excluding carboxylic acids is 2. The van der Waals surface area contributed by atoms with E-state index in [1.165, 1.54) is 14.0 Å². The van der Waals surface area contributed by atoms with E-state index >= 15 is 0 Å². The molecule has 0 aromatic heterocycles. The Bertz CT molecular complexity index is 307. The van der Waals surface area contributed by atoms with Gasteiger partial charge in [0, 0.05) is 12.3 Å². The molecule has 1 N–H and O–H groups in total. The van der Waals surface area contributed by atoms with Crippen molar-refractivity contribution in [3.63, 3.8) is 0 Å². The predicted octanol–water partition coefficient (Wildman–Crippen LogP) is 0.998. The third kappa shape index (κ3) is 1.34. The van der Waals surface area contributed by atoms with Crippen LogP contribution in [0.1, 0.15) is 39.0 Å². The van der Waals surface area contributed by atoms with E-state index in [0.29, 0.717) is 0 Å². The van der Waals surface area contributed by atoms with Crippen molar-refractivity contribution >= 4 is 11.9 Å². The molecule has 0 bridgehead atoms. The van der Waals surface area contributed by atoms with Crippen LogP contribution in [0.4, 0.5) is 0 Å². The highest BCUT2D eigenvalue weighted by Gasteiger charge is 2.73. The van der Waals surface area contributed by atoms with Crippen LogP contribution >= 0.6 is 0 Å². The molecule has 1 spiro atoms. The molecule has 2 aliphatic carbocycles. The Kier molecular flexibility index (Phi) is 2.24. The normalized spacial score (nSPS) is 31.3. The highest BCUT2D eigenvalue weighted by Crippen LogP contribution is 2.65. The lowest BCUT2D eigenvalue weighted by atomic mass is 9.97. The first-order valence-corrected chi connectivity index (χ1v) is 5.43. The molecular weight excluding hydrogens is 194 g/mol. The van der Waals surface area contributed by atoms with Crippen LogP contribution < -0.4 is 5.32 Å². The zero-order valence-electron chi connectivity index (χ0n) is 9.26. The van der Waals surface area contributed by atoms with Gasteiger partial charge in [-0.2, -0.15) is 0 Å². The molecule has 0 aromatic carbocycles. The third-order valence-corrected chi connectivity index (χ3v) is 3.87. The number of methoxy groups -OCH3 is 1. The average molecular weight is 211 g/mol. The van der Waals surface area contributed by atoms with E-state index < -0.39 is 5.54 Å². The molecule has 0 heterocycles. The highest BCUT2D eigenvalue weighted by molar-refractivity contribution is 5.92. The van der Waals surface area contributed by atoms with Gasteiger partial charge in [0.1, 0.15) is 5.54 Å². The Balaban J connectivity index is 2.20. The number of amides is 1. The first-order chi connectivity index (χ1) is 7.06. The van der Waals surface area contributed by atoms with Gasteiger partial charge in [-0.25, -0.2) is 4.79 Å². The second kappa shape index (κ2) is 3.22. The largest absolute Gasteiger partial charge is 0.467 e. The molecule has 2 fully saturated rings. The Hall–Kier alpha value is -1.06. The molecule has 2 aliphatic rings. The van der Waals surface area contributed by atoms with Crippen molar-refractivity contribution in [2.24, 2.45) is 5.41 Å². The van der Waals surface area contributed by atoms with Crippen LogP contribution in [0.5, 0.6) is 0 Å². The van der Waals surface area contributed by atoms with Crippen molar-refractivity contribution in [1.82, 2.24) is 5.32 Å². The lowest BCUT2D eigenvalue weighted by molar-refractivity contribution is -0.147. The van der Waals surface area contributed by atoms with Gasteiger partial charge in [0.25, 0.3) is 0 Å². The van der Waals surface area contributed by atoms with E-state index in [2.05, 4.69) is 5.32 Å². The first-order valence-electron chi connectivity index (χ1n) is 5.43. The summed E-state index contributed by atoms with van der Waals surface area (Å²) in [5.41, 5.74) is -0.699. The molecule has 84 valence electrons. The molecule has 2 rings (SSSR count). The number of hydrogen-bond acceptors (Lipinski definition) is 3. The molecule has 0 aliphatic heterocycles. The van der Waals surface area contributed by atoms with Gasteiger partial charge in [-0.3, -0.25) is 4.79 Å². The summed E-state index contributed by atoms with van der Waals surface area (Å²) in [5.74, 6) is -0.427. The van der Waals surface area contributed by atoms with Crippen LogP contribution in [0.15, 0.2) is 0 Å². The third-order valence-electron chi connectivity index (χ3n) is 3.87. The number of hydrogen-bond donors (Lipinski definition) is 1. The minimum Gasteiger partial charge on any atom is -0.467 e. The lowest BCUT2D eigenvalue weighted by Gasteiger charge is -2.20. The van der Waals surface area contributed by atoms with Crippen LogP contribution in [0.25, 0.3) is 0 Å². The van der Waals surface area contributed by atoms with Crippen molar-refractivity contribution < 1.29 is 14.3 Å². The lowest BCUT2D eigenvalue weighted by Crippen LogP contribution is -2.47. The molecular formula is C11H17NO3. The highest BCUT2D eigenvalue weighted by atomic mass is 16.5. The maximum absolute atomic E-state index is 11.8. The molecule has 15 heavy (non-hydrogen) atoms. The van der Waals surface area contributed by atoms with Crippen LogP contribution in [-0.2, 0) is 14.3 Å². The minimum atomic E-state index is -0.704. The van der Waals surface area contributed by atoms with Crippen molar-refractivity contribution in [2.45, 2.75) is 44.6 Å². The Morgan fingerprint density at radius 2 is 1.87 bits per heavy atom. The summed E-state index contributed by atoms with van der Waals surface area (Å²) >= 11 is 0. The second-order valence-corrected chi connectivity index (χ2v) is 4.74. The summed E-state index contributed by atoms with van der Waals surface area (Å²) in [4.78, 5) is 22.9. The summed E-state index contributed by atoms with van der Waals surface area (Å²) < 4.78 is 4.81. The number of nitrogens with one attached hydrogen (secondary N) is 1. The summed E-state index contributed by atoms with van der Waals surface area (Å²) in [5, 5.41) is 2.80. The van der Waals surface area contributed by atoms with Crippen LogP contribution in [0, 0.1) is 5.41 Å². The second-order valence-electron chi connectivity index (χ2n) is 4.74. The van der Waals surface area contributed by atoms with E-state index in [4.69, 9.17) is 4.74 Å².